The summed E-state index contributed by atoms with van der Waals surface area (Å²) in [6.45, 7) is 8.29. The van der Waals surface area contributed by atoms with Crippen molar-refractivity contribution in [2.24, 2.45) is 5.41 Å². The van der Waals surface area contributed by atoms with Crippen LogP contribution in [0.1, 0.15) is 47.0 Å². The van der Waals surface area contributed by atoms with E-state index in [1.165, 1.54) is 29.8 Å². The van der Waals surface area contributed by atoms with Crippen LogP contribution in [0.5, 0.6) is 0 Å². The number of esters is 1. The van der Waals surface area contributed by atoms with E-state index in [0.29, 0.717) is 18.8 Å². The highest BCUT2D eigenvalue weighted by Gasteiger charge is 2.29. The summed E-state index contributed by atoms with van der Waals surface area (Å²) in [4.78, 5) is 22.3. The summed E-state index contributed by atoms with van der Waals surface area (Å²) in [5, 5.41) is 0.175. The Morgan fingerprint density at radius 3 is 2.56 bits per heavy atom. The van der Waals surface area contributed by atoms with Crippen LogP contribution < -0.4 is 0 Å². The van der Waals surface area contributed by atoms with Crippen LogP contribution in [0, 0.1) is 5.41 Å². The molecule has 0 aliphatic heterocycles. The highest BCUT2D eigenvalue weighted by atomic mass is 32.2. The lowest BCUT2D eigenvalue weighted by Crippen LogP contribution is -2.07. The molecule has 1 aliphatic carbocycles. The molecule has 0 saturated carbocycles. The molecule has 4 heteroatoms. The number of ether oxygens (including phenoxy) is 1. The molecule has 102 valence electrons. The summed E-state index contributed by atoms with van der Waals surface area (Å²) in [6, 6.07) is 0. The van der Waals surface area contributed by atoms with Gasteiger partial charge in [0.05, 0.1) is 0 Å². The minimum atomic E-state index is -0.292. The van der Waals surface area contributed by atoms with E-state index >= 15 is 0 Å². The van der Waals surface area contributed by atoms with Crippen LogP contribution in [0.25, 0.3) is 0 Å². The number of hydrogen-bond acceptors (Lipinski definition) is 4. The molecule has 0 N–H and O–H groups in total. The third-order valence-corrected chi connectivity index (χ3v) is 4.44. The van der Waals surface area contributed by atoms with Gasteiger partial charge < -0.3 is 4.74 Å². The maximum absolute atomic E-state index is 11.8. The highest BCUT2D eigenvalue weighted by Crippen LogP contribution is 2.43. The Kier molecular flexibility index (Phi) is 5.45. The predicted octanol–water partition coefficient (Wildman–Crippen LogP) is 3.34. The Morgan fingerprint density at radius 2 is 2.06 bits per heavy atom. The number of carbonyl (C=O) groups excluding carboxylic acids is 2. The van der Waals surface area contributed by atoms with Gasteiger partial charge in [-0.15, -0.1) is 0 Å². The smallest absolute Gasteiger partial charge is 0.302 e. The minimum Gasteiger partial charge on any atom is -0.465 e. The van der Waals surface area contributed by atoms with Gasteiger partial charge in [0.25, 0.3) is 0 Å². The standard InChI is InChI=1S/C14H22O3S/c1-10-12(5-6-14(10,3)4)9-13(16)18-8-7-17-11(2)15/h5-9H2,1-4H3. The van der Waals surface area contributed by atoms with Crippen molar-refractivity contribution in [2.45, 2.75) is 47.0 Å². The van der Waals surface area contributed by atoms with Crippen molar-refractivity contribution in [1.82, 2.24) is 0 Å². The number of hydrogen-bond donors (Lipinski definition) is 0. The molecule has 3 nitrogen and oxygen atoms in total. The van der Waals surface area contributed by atoms with Crippen LogP contribution in [0.2, 0.25) is 0 Å². The van der Waals surface area contributed by atoms with Gasteiger partial charge in [0, 0.05) is 19.1 Å². The van der Waals surface area contributed by atoms with E-state index in [2.05, 4.69) is 20.8 Å². The molecule has 0 radical (unpaired) electrons. The van der Waals surface area contributed by atoms with E-state index in [1.807, 2.05) is 0 Å². The Labute approximate surface area is 113 Å². The van der Waals surface area contributed by atoms with Crippen molar-refractivity contribution < 1.29 is 14.3 Å². The molecule has 0 amide bonds. The Bertz CT molecular complexity index is 369. The molecule has 0 aromatic rings. The lowest BCUT2D eigenvalue weighted by atomic mass is 9.86. The quantitative estimate of drug-likeness (QED) is 0.436. The van der Waals surface area contributed by atoms with Gasteiger partial charge in [0.15, 0.2) is 5.12 Å². The highest BCUT2D eigenvalue weighted by molar-refractivity contribution is 8.13. The fourth-order valence-electron chi connectivity index (χ4n) is 2.10. The molecule has 0 aromatic heterocycles. The van der Waals surface area contributed by atoms with Crippen LogP contribution in [0.3, 0.4) is 0 Å². The van der Waals surface area contributed by atoms with Gasteiger partial charge in [0.2, 0.25) is 0 Å². The molecule has 0 spiro atoms. The second kappa shape index (κ2) is 6.41. The van der Waals surface area contributed by atoms with Crippen LogP contribution in [0.15, 0.2) is 11.1 Å². The molecule has 0 fully saturated rings. The van der Waals surface area contributed by atoms with E-state index in [1.54, 1.807) is 0 Å². The van der Waals surface area contributed by atoms with E-state index in [-0.39, 0.29) is 16.5 Å². The van der Waals surface area contributed by atoms with E-state index < -0.39 is 0 Å². The molecule has 1 rings (SSSR count). The molecular formula is C14H22O3S. The van der Waals surface area contributed by atoms with Gasteiger partial charge in [-0.05, 0) is 25.2 Å². The molecule has 18 heavy (non-hydrogen) atoms. The lowest BCUT2D eigenvalue weighted by molar-refractivity contribution is -0.140. The van der Waals surface area contributed by atoms with E-state index in [0.717, 1.165) is 12.8 Å². The van der Waals surface area contributed by atoms with Crippen molar-refractivity contribution in [3.63, 3.8) is 0 Å². The van der Waals surface area contributed by atoms with Crippen LogP contribution in [0.4, 0.5) is 0 Å². The van der Waals surface area contributed by atoms with E-state index in [4.69, 9.17) is 4.74 Å². The molecule has 0 unspecified atom stereocenters. The maximum Gasteiger partial charge on any atom is 0.302 e. The Balaban J connectivity index is 2.33. The van der Waals surface area contributed by atoms with Crippen molar-refractivity contribution in [2.75, 3.05) is 12.4 Å². The van der Waals surface area contributed by atoms with Gasteiger partial charge in [0.1, 0.15) is 6.61 Å². The molecule has 1 aliphatic rings. The largest absolute Gasteiger partial charge is 0.465 e. The Hall–Kier alpha value is -0.770. The fraction of sp³-hybridized carbons (Fsp3) is 0.714. The average molecular weight is 270 g/mol. The van der Waals surface area contributed by atoms with Crippen LogP contribution >= 0.6 is 11.8 Å². The van der Waals surface area contributed by atoms with Crippen molar-refractivity contribution in [3.05, 3.63) is 11.1 Å². The van der Waals surface area contributed by atoms with Gasteiger partial charge in [-0.2, -0.15) is 0 Å². The average Bonchev–Trinajstić information content (AvgIpc) is 2.51. The summed E-state index contributed by atoms with van der Waals surface area (Å²) in [5.41, 5.74) is 2.92. The van der Waals surface area contributed by atoms with Crippen molar-refractivity contribution in [1.29, 1.82) is 0 Å². The van der Waals surface area contributed by atoms with Gasteiger partial charge in [-0.3, -0.25) is 9.59 Å². The fourth-order valence-corrected chi connectivity index (χ4v) is 2.77. The number of rotatable bonds is 5. The zero-order valence-electron chi connectivity index (χ0n) is 11.7. The normalized spacial score (nSPS) is 18.0. The molecule has 0 heterocycles. The third-order valence-electron chi connectivity index (χ3n) is 3.61. The topological polar surface area (TPSA) is 43.4 Å². The first-order valence-corrected chi connectivity index (χ1v) is 7.29. The number of allylic oxidation sites excluding steroid dienone is 2. The van der Waals surface area contributed by atoms with Gasteiger partial charge in [-0.1, -0.05) is 36.8 Å². The Morgan fingerprint density at radius 1 is 1.39 bits per heavy atom. The molecular weight excluding hydrogens is 248 g/mol. The summed E-state index contributed by atoms with van der Waals surface area (Å²) >= 11 is 1.26. The number of thioether (sulfide) groups is 1. The molecule has 0 atom stereocenters. The molecule has 0 aromatic carbocycles. The SMILES string of the molecule is CC(=O)OCCSC(=O)CC1=C(C)C(C)(C)CC1. The summed E-state index contributed by atoms with van der Waals surface area (Å²) in [5.74, 6) is 0.257. The minimum absolute atomic E-state index is 0.175. The second-order valence-electron chi connectivity index (χ2n) is 5.35. The first-order chi connectivity index (χ1) is 8.33. The predicted molar refractivity (Wildman–Crippen MR) is 74.4 cm³/mol. The van der Waals surface area contributed by atoms with Crippen molar-refractivity contribution in [3.8, 4) is 0 Å². The summed E-state index contributed by atoms with van der Waals surface area (Å²) < 4.78 is 4.79. The monoisotopic (exact) mass is 270 g/mol. The molecule has 0 bridgehead atoms. The van der Waals surface area contributed by atoms with Gasteiger partial charge in [-0.25, -0.2) is 0 Å². The van der Waals surface area contributed by atoms with Crippen molar-refractivity contribution >= 4 is 22.8 Å². The first kappa shape index (κ1) is 15.3. The first-order valence-electron chi connectivity index (χ1n) is 6.31. The summed E-state index contributed by atoms with van der Waals surface area (Å²) in [6.07, 6.45) is 2.72. The maximum atomic E-state index is 11.8. The van der Waals surface area contributed by atoms with E-state index in [9.17, 15) is 9.59 Å². The summed E-state index contributed by atoms with van der Waals surface area (Å²) in [7, 11) is 0. The molecule has 0 saturated heterocycles. The third kappa shape index (κ3) is 4.48. The number of carbonyl (C=O) groups is 2. The van der Waals surface area contributed by atoms with Crippen LogP contribution in [-0.2, 0) is 14.3 Å². The van der Waals surface area contributed by atoms with Crippen LogP contribution in [-0.4, -0.2) is 23.4 Å². The second-order valence-corrected chi connectivity index (χ2v) is 6.50. The lowest BCUT2D eigenvalue weighted by Gasteiger charge is -2.19. The van der Waals surface area contributed by atoms with Gasteiger partial charge >= 0.3 is 5.97 Å². The zero-order valence-corrected chi connectivity index (χ0v) is 12.5. The zero-order chi connectivity index (χ0) is 13.8.